The Labute approximate surface area is 142 Å². The van der Waals surface area contributed by atoms with Gasteiger partial charge < -0.3 is 4.57 Å². The molecule has 0 saturated heterocycles. The minimum atomic E-state index is -0.261. The molecule has 3 aromatic rings. The molecule has 7 heteroatoms. The van der Waals surface area contributed by atoms with Crippen LogP contribution >= 0.6 is 11.8 Å². The third-order valence-electron chi connectivity index (χ3n) is 3.41. The Hall–Kier alpha value is -2.54. The number of hydrogen-bond acceptors (Lipinski definition) is 5. The van der Waals surface area contributed by atoms with Crippen LogP contribution in [-0.4, -0.2) is 19.5 Å². The fraction of sp³-hybridized carbons (Fsp3) is 0.176. The standard InChI is InChI=1S/C17H15FN4OS/c1-22-9-14(6-13-7-19-11-20-8-13)16(23)21-17(22)24-10-12-2-4-15(18)5-3-12/h2-5,7-9,11H,6,10H2,1H3. The molecule has 0 aliphatic rings. The van der Waals surface area contributed by atoms with Gasteiger partial charge in [0.05, 0.1) is 0 Å². The maximum Gasteiger partial charge on any atom is 0.277 e. The lowest BCUT2D eigenvalue weighted by atomic mass is 10.1. The summed E-state index contributed by atoms with van der Waals surface area (Å²) < 4.78 is 14.7. The van der Waals surface area contributed by atoms with Crippen LogP contribution in [0.25, 0.3) is 0 Å². The predicted molar refractivity (Wildman–Crippen MR) is 90.3 cm³/mol. The van der Waals surface area contributed by atoms with Gasteiger partial charge in [-0.3, -0.25) is 4.79 Å². The van der Waals surface area contributed by atoms with Gasteiger partial charge in [-0.1, -0.05) is 23.9 Å². The summed E-state index contributed by atoms with van der Waals surface area (Å²) in [7, 11) is 1.85. The van der Waals surface area contributed by atoms with Crippen molar-refractivity contribution >= 4 is 11.8 Å². The zero-order valence-electron chi connectivity index (χ0n) is 13.0. The van der Waals surface area contributed by atoms with E-state index in [1.165, 1.54) is 30.2 Å². The van der Waals surface area contributed by atoms with E-state index in [4.69, 9.17) is 0 Å². The largest absolute Gasteiger partial charge is 0.330 e. The Morgan fingerprint density at radius 1 is 1.12 bits per heavy atom. The molecule has 0 aliphatic carbocycles. The van der Waals surface area contributed by atoms with Gasteiger partial charge in [-0.25, -0.2) is 14.4 Å². The van der Waals surface area contributed by atoms with Crippen LogP contribution in [0.15, 0.2) is 59.1 Å². The predicted octanol–water partition coefficient (Wildman–Crippen LogP) is 2.59. The SMILES string of the molecule is Cn1cc(Cc2cncnc2)c(=O)nc1SCc1ccc(F)cc1. The van der Waals surface area contributed by atoms with E-state index in [1.54, 1.807) is 30.7 Å². The Bertz CT molecular complexity index is 881. The molecule has 1 aromatic carbocycles. The van der Waals surface area contributed by atoms with E-state index in [0.29, 0.717) is 22.9 Å². The first-order chi connectivity index (χ1) is 11.6. The molecule has 0 atom stereocenters. The number of nitrogens with zero attached hydrogens (tertiary/aromatic N) is 4. The molecule has 5 nitrogen and oxygen atoms in total. The first kappa shape index (κ1) is 16.3. The second-order valence-electron chi connectivity index (χ2n) is 5.30. The molecule has 24 heavy (non-hydrogen) atoms. The summed E-state index contributed by atoms with van der Waals surface area (Å²) in [5.41, 5.74) is 2.18. The summed E-state index contributed by atoms with van der Waals surface area (Å²) in [6.45, 7) is 0. The van der Waals surface area contributed by atoms with Gasteiger partial charge in [0.15, 0.2) is 5.16 Å². The molecule has 0 unspecified atom stereocenters. The van der Waals surface area contributed by atoms with Crippen molar-refractivity contribution in [3.8, 4) is 0 Å². The zero-order chi connectivity index (χ0) is 16.9. The first-order valence-electron chi connectivity index (χ1n) is 7.29. The highest BCUT2D eigenvalue weighted by molar-refractivity contribution is 7.98. The first-order valence-corrected chi connectivity index (χ1v) is 8.28. The normalized spacial score (nSPS) is 10.8. The van der Waals surface area contributed by atoms with E-state index in [9.17, 15) is 9.18 Å². The molecule has 2 heterocycles. The van der Waals surface area contributed by atoms with Gasteiger partial charge in [0, 0.05) is 43.4 Å². The molecule has 0 saturated carbocycles. The minimum Gasteiger partial charge on any atom is -0.330 e. The van der Waals surface area contributed by atoms with Crippen LogP contribution in [0.5, 0.6) is 0 Å². The van der Waals surface area contributed by atoms with Crippen molar-refractivity contribution in [1.29, 1.82) is 0 Å². The van der Waals surface area contributed by atoms with Gasteiger partial charge >= 0.3 is 0 Å². The van der Waals surface area contributed by atoms with Crippen LogP contribution in [0.1, 0.15) is 16.7 Å². The van der Waals surface area contributed by atoms with Crippen LogP contribution in [0.2, 0.25) is 0 Å². The molecule has 3 rings (SSSR count). The van der Waals surface area contributed by atoms with Crippen molar-refractivity contribution in [1.82, 2.24) is 19.5 Å². The molecule has 122 valence electrons. The molecule has 0 bridgehead atoms. The van der Waals surface area contributed by atoms with E-state index in [0.717, 1.165) is 11.1 Å². The molecule has 0 aliphatic heterocycles. The molecule has 0 spiro atoms. The van der Waals surface area contributed by atoms with Crippen LogP contribution in [0.3, 0.4) is 0 Å². The molecule has 0 fully saturated rings. The van der Waals surface area contributed by atoms with Crippen LogP contribution in [0.4, 0.5) is 4.39 Å². The minimum absolute atomic E-state index is 0.251. The zero-order valence-corrected chi connectivity index (χ0v) is 13.8. The average Bonchev–Trinajstić information content (AvgIpc) is 2.59. The van der Waals surface area contributed by atoms with Gasteiger partial charge in [-0.15, -0.1) is 0 Å². The highest BCUT2D eigenvalue weighted by atomic mass is 32.2. The Balaban J connectivity index is 1.74. The Morgan fingerprint density at radius 2 is 1.83 bits per heavy atom. The maximum atomic E-state index is 12.9. The topological polar surface area (TPSA) is 60.7 Å². The van der Waals surface area contributed by atoms with Crippen LogP contribution < -0.4 is 5.56 Å². The Morgan fingerprint density at radius 3 is 2.54 bits per heavy atom. The van der Waals surface area contributed by atoms with Crippen molar-refractivity contribution in [3.63, 3.8) is 0 Å². The molecular formula is C17H15FN4OS. The summed E-state index contributed by atoms with van der Waals surface area (Å²) in [6, 6.07) is 6.30. The Kier molecular flexibility index (Phi) is 5.00. The number of hydrogen-bond donors (Lipinski definition) is 0. The number of aromatic nitrogens is 4. The lowest BCUT2D eigenvalue weighted by Gasteiger charge is -2.09. The highest BCUT2D eigenvalue weighted by Crippen LogP contribution is 2.20. The van der Waals surface area contributed by atoms with Gasteiger partial charge in [-0.2, -0.15) is 4.98 Å². The smallest absolute Gasteiger partial charge is 0.277 e. The number of aryl methyl sites for hydroxylation is 1. The number of halogens is 1. The van der Waals surface area contributed by atoms with Crippen molar-refractivity contribution in [3.05, 3.63) is 82.0 Å². The van der Waals surface area contributed by atoms with E-state index in [-0.39, 0.29) is 11.4 Å². The molecule has 0 N–H and O–H groups in total. The molecule has 2 aromatic heterocycles. The van der Waals surface area contributed by atoms with Crippen molar-refractivity contribution < 1.29 is 4.39 Å². The summed E-state index contributed by atoms with van der Waals surface area (Å²) in [5.74, 6) is 0.357. The summed E-state index contributed by atoms with van der Waals surface area (Å²) in [4.78, 5) is 24.3. The third kappa shape index (κ3) is 4.05. The van der Waals surface area contributed by atoms with Gasteiger partial charge in [0.25, 0.3) is 5.56 Å². The van der Waals surface area contributed by atoms with Crippen molar-refractivity contribution in [2.75, 3.05) is 0 Å². The second kappa shape index (κ2) is 7.35. The number of benzene rings is 1. The highest BCUT2D eigenvalue weighted by Gasteiger charge is 2.08. The van der Waals surface area contributed by atoms with Crippen LogP contribution in [0, 0.1) is 5.82 Å². The summed E-state index contributed by atoms with van der Waals surface area (Å²) >= 11 is 1.44. The fourth-order valence-corrected chi connectivity index (χ4v) is 3.10. The van der Waals surface area contributed by atoms with Gasteiger partial charge in [0.1, 0.15) is 12.1 Å². The van der Waals surface area contributed by atoms with Crippen LogP contribution in [-0.2, 0) is 19.2 Å². The summed E-state index contributed by atoms with van der Waals surface area (Å²) in [6.07, 6.45) is 7.06. The van der Waals surface area contributed by atoms with E-state index in [2.05, 4.69) is 15.0 Å². The second-order valence-corrected chi connectivity index (χ2v) is 6.25. The molecule has 0 amide bonds. The quantitative estimate of drug-likeness (QED) is 0.527. The maximum absolute atomic E-state index is 12.9. The van der Waals surface area contributed by atoms with Gasteiger partial charge in [-0.05, 0) is 23.3 Å². The van der Waals surface area contributed by atoms with E-state index < -0.39 is 0 Å². The number of rotatable bonds is 5. The molecule has 0 radical (unpaired) electrons. The van der Waals surface area contributed by atoms with Crippen molar-refractivity contribution in [2.45, 2.75) is 17.3 Å². The van der Waals surface area contributed by atoms with E-state index in [1.807, 2.05) is 11.6 Å². The van der Waals surface area contributed by atoms with Crippen molar-refractivity contribution in [2.24, 2.45) is 7.05 Å². The fourth-order valence-electron chi connectivity index (χ4n) is 2.21. The average molecular weight is 342 g/mol. The summed E-state index contributed by atoms with van der Waals surface area (Å²) in [5, 5.41) is 0.623. The van der Waals surface area contributed by atoms with E-state index >= 15 is 0 Å². The lowest BCUT2D eigenvalue weighted by molar-refractivity contribution is 0.627. The monoisotopic (exact) mass is 342 g/mol. The lowest BCUT2D eigenvalue weighted by Crippen LogP contribution is -2.18. The molecular weight excluding hydrogens is 327 g/mol. The van der Waals surface area contributed by atoms with Gasteiger partial charge in [0.2, 0.25) is 0 Å². The number of thioether (sulfide) groups is 1. The third-order valence-corrected chi connectivity index (χ3v) is 4.53.